The zero-order chi connectivity index (χ0) is 9.45. The van der Waals surface area contributed by atoms with Crippen molar-refractivity contribution in [2.75, 3.05) is 13.7 Å². The molecule has 0 saturated heterocycles. The van der Waals surface area contributed by atoms with Crippen molar-refractivity contribution in [3.8, 4) is 0 Å². The molecule has 0 spiro atoms. The Morgan fingerprint density at radius 1 is 1.50 bits per heavy atom. The summed E-state index contributed by atoms with van der Waals surface area (Å²) in [5.41, 5.74) is 0. The van der Waals surface area contributed by atoms with E-state index < -0.39 is 6.80 Å². The average Bonchev–Trinajstić information content (AvgIpc) is 2.04. The fourth-order valence-electron chi connectivity index (χ4n) is 0.542. The van der Waals surface area contributed by atoms with Gasteiger partial charge in [0.1, 0.15) is 0 Å². The molecule has 0 fully saturated rings. The molecular formula is C7H15O3PS. The first-order valence-corrected chi connectivity index (χ1v) is 6.50. The maximum atomic E-state index is 11.0. The smallest absolute Gasteiger partial charge is 0.304 e. The Morgan fingerprint density at radius 3 is 2.67 bits per heavy atom. The van der Waals surface area contributed by atoms with E-state index in [9.17, 15) is 4.57 Å². The van der Waals surface area contributed by atoms with Crippen molar-refractivity contribution in [3.05, 3.63) is 12.2 Å². The lowest BCUT2D eigenvalue weighted by molar-refractivity contribution is 0.273. The zero-order valence-electron chi connectivity index (χ0n) is 7.40. The second-order valence-electron chi connectivity index (χ2n) is 2.21. The fraction of sp³-hybridized carbons (Fsp3) is 0.714. The van der Waals surface area contributed by atoms with Gasteiger partial charge in [-0.3, -0.25) is 4.52 Å². The van der Waals surface area contributed by atoms with E-state index in [0.717, 1.165) is 12.8 Å². The Labute approximate surface area is 78.8 Å². The van der Waals surface area contributed by atoms with E-state index in [2.05, 4.69) is 23.7 Å². The molecule has 3 nitrogen and oxygen atoms in total. The third kappa shape index (κ3) is 6.92. The highest BCUT2D eigenvalue weighted by molar-refractivity contribution is 8.44. The van der Waals surface area contributed by atoms with Gasteiger partial charge in [0, 0.05) is 7.11 Å². The molecule has 5 heteroatoms. The summed E-state index contributed by atoms with van der Waals surface area (Å²) in [7, 11) is 1.31. The summed E-state index contributed by atoms with van der Waals surface area (Å²) < 4.78 is 20.3. The SMILES string of the molecule is CCC/C=C/COP(=O)(S)OC. The molecule has 0 aromatic carbocycles. The van der Waals surface area contributed by atoms with Crippen molar-refractivity contribution < 1.29 is 13.6 Å². The molecule has 1 unspecified atom stereocenters. The van der Waals surface area contributed by atoms with Gasteiger partial charge in [-0.25, -0.2) is 4.57 Å². The second-order valence-corrected chi connectivity index (χ2v) is 5.24. The Kier molecular flexibility index (Phi) is 6.86. The lowest BCUT2D eigenvalue weighted by Crippen LogP contribution is -1.86. The minimum absolute atomic E-state index is 0.286. The number of unbranched alkanes of at least 4 members (excludes halogenated alkanes) is 1. The molecule has 0 aliphatic heterocycles. The summed E-state index contributed by atoms with van der Waals surface area (Å²) >= 11 is 3.69. The first-order valence-electron chi connectivity index (χ1n) is 3.80. The normalized spacial score (nSPS) is 16.6. The quantitative estimate of drug-likeness (QED) is 0.416. The van der Waals surface area contributed by atoms with Crippen LogP contribution in [0.25, 0.3) is 0 Å². The molecule has 0 amide bonds. The van der Waals surface area contributed by atoms with Crippen LogP contribution in [-0.2, 0) is 13.6 Å². The Hall–Kier alpha value is 0.240. The molecule has 0 aliphatic carbocycles. The van der Waals surface area contributed by atoms with Crippen LogP contribution in [0.2, 0.25) is 0 Å². The van der Waals surface area contributed by atoms with Crippen LogP contribution in [0.15, 0.2) is 12.2 Å². The van der Waals surface area contributed by atoms with Gasteiger partial charge in [0.05, 0.1) is 6.61 Å². The van der Waals surface area contributed by atoms with Crippen molar-refractivity contribution in [3.63, 3.8) is 0 Å². The van der Waals surface area contributed by atoms with Crippen LogP contribution in [0.4, 0.5) is 0 Å². The van der Waals surface area contributed by atoms with E-state index in [1.165, 1.54) is 7.11 Å². The lowest BCUT2D eigenvalue weighted by atomic mass is 10.3. The number of hydrogen-bond acceptors (Lipinski definition) is 3. The zero-order valence-corrected chi connectivity index (χ0v) is 9.18. The standard InChI is InChI=1S/C7H15O3PS/c1-3-4-5-6-7-10-11(8,12)9-2/h5-6H,3-4,7H2,1-2H3,(H,8,12)/b6-5+. The summed E-state index contributed by atoms with van der Waals surface area (Å²) in [6, 6.07) is 0. The van der Waals surface area contributed by atoms with Gasteiger partial charge in [-0.2, -0.15) is 0 Å². The molecule has 0 rings (SSSR count). The van der Waals surface area contributed by atoms with Crippen LogP contribution in [0.3, 0.4) is 0 Å². The van der Waals surface area contributed by atoms with E-state index >= 15 is 0 Å². The van der Waals surface area contributed by atoms with E-state index in [-0.39, 0.29) is 6.61 Å². The number of thiol groups is 1. The Morgan fingerprint density at radius 2 is 2.17 bits per heavy atom. The molecular weight excluding hydrogens is 195 g/mol. The van der Waals surface area contributed by atoms with Crippen molar-refractivity contribution >= 4 is 19.0 Å². The monoisotopic (exact) mass is 210 g/mol. The van der Waals surface area contributed by atoms with Gasteiger partial charge >= 0.3 is 6.80 Å². The highest BCUT2D eigenvalue weighted by atomic mass is 32.7. The third-order valence-corrected chi connectivity index (χ3v) is 2.96. The summed E-state index contributed by atoms with van der Waals surface area (Å²) in [6.45, 7) is -0.705. The number of rotatable bonds is 6. The number of allylic oxidation sites excluding steroid dienone is 1. The van der Waals surface area contributed by atoms with E-state index in [1.807, 2.05) is 12.2 Å². The van der Waals surface area contributed by atoms with Crippen LogP contribution in [-0.4, -0.2) is 13.7 Å². The Balaban J connectivity index is 3.49. The van der Waals surface area contributed by atoms with Gasteiger partial charge in [0.2, 0.25) is 0 Å². The van der Waals surface area contributed by atoms with Crippen molar-refractivity contribution in [1.82, 2.24) is 0 Å². The minimum Gasteiger partial charge on any atom is -0.304 e. The highest BCUT2D eigenvalue weighted by Gasteiger charge is 2.13. The molecule has 72 valence electrons. The molecule has 0 aromatic rings. The molecule has 0 heterocycles. The lowest BCUT2D eigenvalue weighted by Gasteiger charge is -2.06. The molecule has 1 atom stereocenters. The maximum absolute atomic E-state index is 11.0. The molecule has 0 aliphatic rings. The van der Waals surface area contributed by atoms with E-state index in [4.69, 9.17) is 4.52 Å². The molecule has 0 radical (unpaired) electrons. The average molecular weight is 210 g/mol. The van der Waals surface area contributed by atoms with E-state index in [0.29, 0.717) is 0 Å². The van der Waals surface area contributed by atoms with Gasteiger partial charge in [-0.1, -0.05) is 37.7 Å². The maximum Gasteiger partial charge on any atom is 0.386 e. The molecule has 12 heavy (non-hydrogen) atoms. The topological polar surface area (TPSA) is 35.5 Å². The van der Waals surface area contributed by atoms with Crippen molar-refractivity contribution in [2.45, 2.75) is 19.8 Å². The summed E-state index contributed by atoms with van der Waals surface area (Å²) in [6.07, 6.45) is 5.89. The van der Waals surface area contributed by atoms with Crippen molar-refractivity contribution in [1.29, 1.82) is 0 Å². The molecule has 0 bridgehead atoms. The highest BCUT2D eigenvalue weighted by Crippen LogP contribution is 2.51. The van der Waals surface area contributed by atoms with Crippen LogP contribution < -0.4 is 0 Å². The summed E-state index contributed by atoms with van der Waals surface area (Å²) in [5.74, 6) is 0. The van der Waals surface area contributed by atoms with Gasteiger partial charge < -0.3 is 4.52 Å². The molecule has 0 aromatic heterocycles. The molecule has 0 saturated carbocycles. The summed E-state index contributed by atoms with van der Waals surface area (Å²) in [4.78, 5) is 0. The predicted molar refractivity (Wildman–Crippen MR) is 53.6 cm³/mol. The first kappa shape index (κ1) is 12.2. The third-order valence-electron chi connectivity index (χ3n) is 1.19. The van der Waals surface area contributed by atoms with E-state index in [1.54, 1.807) is 0 Å². The van der Waals surface area contributed by atoms with Crippen molar-refractivity contribution in [2.24, 2.45) is 0 Å². The second kappa shape index (κ2) is 6.72. The molecule has 0 N–H and O–H groups in total. The van der Waals surface area contributed by atoms with Gasteiger partial charge in [0.25, 0.3) is 0 Å². The fourth-order valence-corrected chi connectivity index (χ4v) is 1.12. The summed E-state index contributed by atoms with van der Waals surface area (Å²) in [5, 5.41) is 0. The van der Waals surface area contributed by atoms with Crippen LogP contribution >= 0.6 is 19.0 Å². The van der Waals surface area contributed by atoms with Gasteiger partial charge in [-0.15, -0.1) is 0 Å². The van der Waals surface area contributed by atoms with Crippen LogP contribution in [0.1, 0.15) is 19.8 Å². The first-order chi connectivity index (χ1) is 5.62. The minimum atomic E-state index is -3.08. The predicted octanol–water partition coefficient (Wildman–Crippen LogP) is 3.04. The number of hydrogen-bond donors (Lipinski definition) is 1. The van der Waals surface area contributed by atoms with Gasteiger partial charge in [-0.05, 0) is 6.42 Å². The Bertz CT molecular complexity index is 181. The van der Waals surface area contributed by atoms with Crippen LogP contribution in [0.5, 0.6) is 0 Å². The van der Waals surface area contributed by atoms with Crippen LogP contribution in [0, 0.1) is 0 Å². The largest absolute Gasteiger partial charge is 0.386 e. The van der Waals surface area contributed by atoms with Gasteiger partial charge in [0.15, 0.2) is 0 Å².